The molecule has 0 amide bonds. The first kappa shape index (κ1) is 11.9. The average Bonchev–Trinajstić information content (AvgIpc) is 2.41. The number of aromatic nitrogens is 1. The molecule has 5 nitrogen and oxygen atoms in total. The second-order valence-electron chi connectivity index (χ2n) is 3.47. The van der Waals surface area contributed by atoms with Crippen LogP contribution in [0.2, 0.25) is 0 Å². The zero-order valence-electron chi connectivity index (χ0n) is 9.70. The number of carbonyl (C=O) groups excluding carboxylic acids is 1. The van der Waals surface area contributed by atoms with E-state index >= 15 is 0 Å². The van der Waals surface area contributed by atoms with Crippen LogP contribution in [0.5, 0.6) is 5.75 Å². The number of hydrogen-bond donors (Lipinski definition) is 0. The highest BCUT2D eigenvalue weighted by Crippen LogP contribution is 2.11. The number of carbonyl (C=O) groups is 1. The molecule has 1 aromatic carbocycles. The number of pyridine rings is 1. The second kappa shape index (κ2) is 5.18. The molecule has 0 saturated carbocycles. The van der Waals surface area contributed by atoms with Crippen LogP contribution in [0.3, 0.4) is 0 Å². The minimum atomic E-state index is -0.606. The number of ether oxygens (including phenoxy) is 1. The first-order valence-corrected chi connectivity index (χ1v) is 5.25. The molecular weight excluding hydrogens is 234 g/mol. The van der Waals surface area contributed by atoms with E-state index in [-0.39, 0.29) is 0 Å². The van der Waals surface area contributed by atoms with E-state index in [4.69, 9.17) is 9.57 Å². The highest BCUT2D eigenvalue weighted by Gasteiger charge is 2.09. The quantitative estimate of drug-likeness (QED) is 0.813. The molecule has 18 heavy (non-hydrogen) atoms. The summed E-state index contributed by atoms with van der Waals surface area (Å²) < 4.78 is 5.86. The SMILES string of the molecule is COc1ccc(C(=O)On2ccccc2=O)cc1. The van der Waals surface area contributed by atoms with Gasteiger partial charge in [-0.1, -0.05) is 6.07 Å². The first-order valence-electron chi connectivity index (χ1n) is 5.25. The van der Waals surface area contributed by atoms with Gasteiger partial charge >= 0.3 is 5.97 Å². The fraction of sp³-hybridized carbons (Fsp3) is 0.0769. The van der Waals surface area contributed by atoms with E-state index in [0.717, 1.165) is 4.73 Å². The van der Waals surface area contributed by atoms with E-state index in [1.165, 1.54) is 19.4 Å². The van der Waals surface area contributed by atoms with E-state index in [9.17, 15) is 9.59 Å². The zero-order valence-corrected chi connectivity index (χ0v) is 9.70. The molecule has 0 radical (unpaired) electrons. The van der Waals surface area contributed by atoms with Gasteiger partial charge in [-0.2, -0.15) is 0 Å². The van der Waals surface area contributed by atoms with Crippen LogP contribution in [0.25, 0.3) is 0 Å². The molecule has 0 aliphatic heterocycles. The van der Waals surface area contributed by atoms with Gasteiger partial charge in [0.25, 0.3) is 5.56 Å². The van der Waals surface area contributed by atoms with E-state index in [1.54, 1.807) is 36.4 Å². The van der Waals surface area contributed by atoms with Crippen LogP contribution in [0.1, 0.15) is 10.4 Å². The fourth-order valence-corrected chi connectivity index (χ4v) is 1.36. The number of methoxy groups -OCH3 is 1. The molecule has 92 valence electrons. The highest BCUT2D eigenvalue weighted by atomic mass is 16.7. The normalized spacial score (nSPS) is 9.83. The van der Waals surface area contributed by atoms with Crippen molar-refractivity contribution in [3.63, 3.8) is 0 Å². The zero-order chi connectivity index (χ0) is 13.0. The maximum atomic E-state index is 11.7. The molecule has 0 spiro atoms. The number of hydrogen-bond acceptors (Lipinski definition) is 4. The summed E-state index contributed by atoms with van der Waals surface area (Å²) >= 11 is 0. The molecule has 1 heterocycles. The predicted octanol–water partition coefficient (Wildman–Crippen LogP) is 1.13. The number of benzene rings is 1. The Morgan fingerprint density at radius 1 is 1.11 bits per heavy atom. The summed E-state index contributed by atoms with van der Waals surface area (Å²) in [5.41, 5.74) is -0.0640. The molecular formula is C13H11NO4. The van der Waals surface area contributed by atoms with Crippen LogP contribution in [0, 0.1) is 0 Å². The van der Waals surface area contributed by atoms with Crippen molar-refractivity contribution in [1.82, 2.24) is 4.73 Å². The van der Waals surface area contributed by atoms with Gasteiger partial charge in [-0.05, 0) is 30.3 Å². The maximum absolute atomic E-state index is 11.7. The maximum Gasteiger partial charge on any atom is 0.363 e. The van der Waals surface area contributed by atoms with Gasteiger partial charge in [0.15, 0.2) is 0 Å². The summed E-state index contributed by atoms with van der Waals surface area (Å²) in [6.07, 6.45) is 1.38. The molecule has 0 bridgehead atoms. The third kappa shape index (κ3) is 2.57. The lowest BCUT2D eigenvalue weighted by Gasteiger charge is -2.05. The van der Waals surface area contributed by atoms with Gasteiger partial charge in [-0.25, -0.2) is 4.79 Å². The molecule has 0 N–H and O–H groups in total. The Morgan fingerprint density at radius 3 is 2.44 bits per heavy atom. The lowest BCUT2D eigenvalue weighted by Crippen LogP contribution is -2.29. The largest absolute Gasteiger partial charge is 0.497 e. The van der Waals surface area contributed by atoms with Crippen LogP contribution in [0.4, 0.5) is 0 Å². The topological polar surface area (TPSA) is 57.5 Å². The van der Waals surface area contributed by atoms with Gasteiger partial charge < -0.3 is 9.57 Å². The smallest absolute Gasteiger partial charge is 0.363 e. The molecule has 0 saturated heterocycles. The average molecular weight is 245 g/mol. The van der Waals surface area contributed by atoms with Crippen LogP contribution >= 0.6 is 0 Å². The third-order valence-electron chi connectivity index (χ3n) is 2.30. The van der Waals surface area contributed by atoms with Crippen molar-refractivity contribution in [1.29, 1.82) is 0 Å². The van der Waals surface area contributed by atoms with Gasteiger partial charge in [0, 0.05) is 12.3 Å². The number of nitrogens with zero attached hydrogens (tertiary/aromatic N) is 1. The fourth-order valence-electron chi connectivity index (χ4n) is 1.36. The molecule has 0 aliphatic carbocycles. The Balaban J connectivity index is 2.17. The Labute approximate surface area is 103 Å². The second-order valence-corrected chi connectivity index (χ2v) is 3.47. The van der Waals surface area contributed by atoms with Gasteiger partial charge in [-0.15, -0.1) is 4.73 Å². The van der Waals surface area contributed by atoms with Crippen LogP contribution in [-0.2, 0) is 0 Å². The van der Waals surface area contributed by atoms with Crippen molar-refractivity contribution in [2.24, 2.45) is 0 Å². The van der Waals surface area contributed by atoms with Crippen molar-refractivity contribution >= 4 is 5.97 Å². The molecule has 0 unspecified atom stereocenters. The lowest BCUT2D eigenvalue weighted by molar-refractivity contribution is 0.0443. The van der Waals surface area contributed by atoms with Crippen molar-refractivity contribution in [3.05, 3.63) is 64.6 Å². The Kier molecular flexibility index (Phi) is 3.43. The summed E-state index contributed by atoms with van der Waals surface area (Å²) in [7, 11) is 1.54. The van der Waals surface area contributed by atoms with E-state index in [0.29, 0.717) is 11.3 Å². The summed E-state index contributed by atoms with van der Waals surface area (Å²) in [4.78, 5) is 28.0. The monoisotopic (exact) mass is 245 g/mol. The minimum Gasteiger partial charge on any atom is -0.497 e. The molecule has 1 aromatic heterocycles. The van der Waals surface area contributed by atoms with E-state index < -0.39 is 11.5 Å². The van der Waals surface area contributed by atoms with Gasteiger partial charge in [0.05, 0.1) is 12.7 Å². The predicted molar refractivity (Wildman–Crippen MR) is 64.6 cm³/mol. The van der Waals surface area contributed by atoms with Gasteiger partial charge in [0.1, 0.15) is 5.75 Å². The standard InChI is InChI=1S/C13H11NO4/c1-17-11-7-5-10(6-8-11)13(16)18-14-9-3-2-4-12(14)15/h2-9H,1H3. The van der Waals surface area contributed by atoms with Gasteiger partial charge in [-0.3, -0.25) is 4.79 Å². The van der Waals surface area contributed by atoms with Gasteiger partial charge in [0.2, 0.25) is 0 Å². The van der Waals surface area contributed by atoms with Crippen LogP contribution < -0.4 is 15.1 Å². The Bertz CT molecular complexity index is 601. The summed E-state index contributed by atoms with van der Waals surface area (Å²) in [5.74, 6) is 0.0365. The summed E-state index contributed by atoms with van der Waals surface area (Å²) in [6.45, 7) is 0. The first-order chi connectivity index (χ1) is 8.70. The van der Waals surface area contributed by atoms with E-state index in [2.05, 4.69) is 0 Å². The molecule has 0 atom stereocenters. The highest BCUT2D eigenvalue weighted by molar-refractivity contribution is 5.89. The third-order valence-corrected chi connectivity index (χ3v) is 2.30. The Hall–Kier alpha value is -2.56. The van der Waals surface area contributed by atoms with Crippen molar-refractivity contribution in [2.45, 2.75) is 0 Å². The lowest BCUT2D eigenvalue weighted by atomic mass is 10.2. The summed E-state index contributed by atoms with van der Waals surface area (Å²) in [5, 5.41) is 0. The Morgan fingerprint density at radius 2 is 1.83 bits per heavy atom. The number of rotatable bonds is 3. The minimum absolute atomic E-state index is 0.339. The van der Waals surface area contributed by atoms with Crippen LogP contribution in [0.15, 0.2) is 53.5 Å². The molecule has 5 heteroatoms. The van der Waals surface area contributed by atoms with E-state index in [1.807, 2.05) is 0 Å². The van der Waals surface area contributed by atoms with Crippen molar-refractivity contribution in [3.8, 4) is 5.75 Å². The van der Waals surface area contributed by atoms with Crippen molar-refractivity contribution < 1.29 is 14.4 Å². The van der Waals surface area contributed by atoms with Crippen LogP contribution in [-0.4, -0.2) is 17.8 Å². The van der Waals surface area contributed by atoms with Crippen molar-refractivity contribution in [2.75, 3.05) is 7.11 Å². The molecule has 0 fully saturated rings. The molecule has 2 rings (SSSR count). The molecule has 2 aromatic rings. The molecule has 0 aliphatic rings. The summed E-state index contributed by atoms with van der Waals surface area (Å²) in [6, 6.07) is 10.9.